The predicted octanol–water partition coefficient (Wildman–Crippen LogP) is 1.90. The molecule has 0 aromatic carbocycles. The van der Waals surface area contributed by atoms with E-state index >= 15 is 0 Å². The van der Waals surface area contributed by atoms with Crippen LogP contribution in [0.2, 0.25) is 0 Å². The van der Waals surface area contributed by atoms with E-state index in [2.05, 4.69) is 31.7 Å². The molecule has 0 amide bonds. The minimum atomic E-state index is -0.645. The van der Waals surface area contributed by atoms with Crippen molar-refractivity contribution in [3.05, 3.63) is 0 Å². The van der Waals surface area contributed by atoms with Crippen LogP contribution in [-0.4, -0.2) is 41.8 Å². The van der Waals surface area contributed by atoms with Gasteiger partial charge < -0.3 is 10.5 Å². The number of ether oxygens (including phenoxy) is 1. The minimum absolute atomic E-state index is 0.0720. The molecule has 1 rings (SSSR count). The number of rotatable bonds is 5. The molecule has 1 aliphatic heterocycles. The van der Waals surface area contributed by atoms with Crippen LogP contribution in [0.4, 0.5) is 0 Å². The molecule has 4 nitrogen and oxygen atoms in total. The van der Waals surface area contributed by atoms with Gasteiger partial charge in [0.05, 0.1) is 17.8 Å². The second kappa shape index (κ2) is 6.01. The van der Waals surface area contributed by atoms with Crippen LogP contribution in [-0.2, 0) is 4.74 Å². The topological polar surface area (TPSA) is 62.3 Å². The van der Waals surface area contributed by atoms with E-state index in [4.69, 9.17) is 15.7 Å². The van der Waals surface area contributed by atoms with Crippen LogP contribution in [0.5, 0.6) is 0 Å². The van der Waals surface area contributed by atoms with Gasteiger partial charge in [-0.2, -0.15) is 5.26 Å². The number of nitrogens with zero attached hydrogens (tertiary/aromatic N) is 2. The number of hydrogen-bond acceptors (Lipinski definition) is 4. The van der Waals surface area contributed by atoms with Gasteiger partial charge in [0.1, 0.15) is 5.54 Å². The third-order valence-corrected chi connectivity index (χ3v) is 3.59. The fraction of sp³-hybridized carbons (Fsp3) is 0.929. The molecule has 2 atom stereocenters. The van der Waals surface area contributed by atoms with Crippen LogP contribution < -0.4 is 5.73 Å². The highest BCUT2D eigenvalue weighted by molar-refractivity contribution is 5.03. The summed E-state index contributed by atoms with van der Waals surface area (Å²) in [7, 11) is 0. The molecule has 104 valence electrons. The first-order valence-electron chi connectivity index (χ1n) is 6.90. The lowest BCUT2D eigenvalue weighted by atomic mass is 9.93. The lowest BCUT2D eigenvalue weighted by Gasteiger charge is -2.42. The van der Waals surface area contributed by atoms with Crippen LogP contribution in [0.25, 0.3) is 0 Å². The highest BCUT2D eigenvalue weighted by atomic mass is 16.5. The Balaban J connectivity index is 2.38. The van der Waals surface area contributed by atoms with Gasteiger partial charge in [0.25, 0.3) is 0 Å². The Kier molecular flexibility index (Phi) is 5.15. The Hall–Kier alpha value is -0.630. The maximum absolute atomic E-state index is 9.04. The average molecular weight is 253 g/mol. The quantitative estimate of drug-likeness (QED) is 0.813. The number of nitriles is 1. The maximum Gasteiger partial charge on any atom is 0.104 e. The summed E-state index contributed by atoms with van der Waals surface area (Å²) in [4.78, 5) is 2.42. The molecule has 4 heteroatoms. The first kappa shape index (κ1) is 15.4. The van der Waals surface area contributed by atoms with E-state index in [1.807, 2.05) is 6.92 Å². The lowest BCUT2D eigenvalue weighted by molar-refractivity contribution is -0.128. The lowest BCUT2D eigenvalue weighted by Crippen LogP contribution is -2.52. The second-order valence-electron chi connectivity index (χ2n) is 6.15. The van der Waals surface area contributed by atoms with E-state index in [1.54, 1.807) is 0 Å². The molecule has 2 N–H and O–H groups in total. The van der Waals surface area contributed by atoms with E-state index in [-0.39, 0.29) is 11.7 Å². The molecule has 1 saturated heterocycles. The molecule has 2 unspecified atom stereocenters. The van der Waals surface area contributed by atoms with Crippen LogP contribution in [0.3, 0.4) is 0 Å². The van der Waals surface area contributed by atoms with E-state index < -0.39 is 5.54 Å². The molecule has 18 heavy (non-hydrogen) atoms. The van der Waals surface area contributed by atoms with Crippen molar-refractivity contribution in [2.45, 2.75) is 64.2 Å². The van der Waals surface area contributed by atoms with Gasteiger partial charge in [-0.15, -0.1) is 0 Å². The van der Waals surface area contributed by atoms with Gasteiger partial charge >= 0.3 is 0 Å². The molecule has 0 aromatic rings. The molecule has 0 aromatic heterocycles. The SMILES string of the molecule is CCC(N)(C#N)CCCN1CC(C)OC(C)(C)C1. The van der Waals surface area contributed by atoms with E-state index in [0.29, 0.717) is 6.42 Å². The zero-order valence-corrected chi connectivity index (χ0v) is 12.2. The van der Waals surface area contributed by atoms with Crippen molar-refractivity contribution >= 4 is 0 Å². The Morgan fingerprint density at radius 3 is 2.72 bits per heavy atom. The second-order valence-corrected chi connectivity index (χ2v) is 6.15. The van der Waals surface area contributed by atoms with Gasteiger partial charge in [-0.25, -0.2) is 0 Å². The average Bonchev–Trinajstić information content (AvgIpc) is 2.26. The summed E-state index contributed by atoms with van der Waals surface area (Å²) in [5.41, 5.74) is 5.27. The summed E-state index contributed by atoms with van der Waals surface area (Å²) in [5, 5.41) is 9.04. The normalized spacial score (nSPS) is 27.4. The third kappa shape index (κ3) is 4.56. The van der Waals surface area contributed by atoms with E-state index in [1.165, 1.54) is 0 Å². The summed E-state index contributed by atoms with van der Waals surface area (Å²) >= 11 is 0. The minimum Gasteiger partial charge on any atom is -0.370 e. The molecule has 0 spiro atoms. The monoisotopic (exact) mass is 253 g/mol. The summed E-state index contributed by atoms with van der Waals surface area (Å²) in [6.07, 6.45) is 2.74. The zero-order valence-electron chi connectivity index (χ0n) is 12.2. The van der Waals surface area contributed by atoms with Gasteiger partial charge in [0, 0.05) is 13.1 Å². The number of nitrogens with two attached hydrogens (primary N) is 1. The molecular weight excluding hydrogens is 226 g/mol. The van der Waals surface area contributed by atoms with Gasteiger partial charge in [-0.3, -0.25) is 4.90 Å². The molecule has 1 heterocycles. The van der Waals surface area contributed by atoms with Crippen molar-refractivity contribution in [1.29, 1.82) is 5.26 Å². The first-order valence-corrected chi connectivity index (χ1v) is 6.90. The highest BCUT2D eigenvalue weighted by Crippen LogP contribution is 2.21. The van der Waals surface area contributed by atoms with Crippen molar-refractivity contribution in [1.82, 2.24) is 4.90 Å². The zero-order chi connectivity index (χ0) is 13.8. The van der Waals surface area contributed by atoms with Crippen LogP contribution >= 0.6 is 0 Å². The summed E-state index contributed by atoms with van der Waals surface area (Å²) in [6.45, 7) is 11.3. The van der Waals surface area contributed by atoms with Crippen LogP contribution in [0, 0.1) is 11.3 Å². The standard InChI is InChI=1S/C14H27N3O/c1-5-14(16,10-15)7-6-8-17-9-12(2)18-13(3,4)11-17/h12H,5-9,11,16H2,1-4H3. The van der Waals surface area contributed by atoms with Crippen molar-refractivity contribution < 1.29 is 4.74 Å². The highest BCUT2D eigenvalue weighted by Gasteiger charge is 2.31. The van der Waals surface area contributed by atoms with Crippen molar-refractivity contribution in [3.63, 3.8) is 0 Å². The summed E-state index contributed by atoms with van der Waals surface area (Å²) in [6, 6.07) is 2.23. The molecular formula is C14H27N3O. The Morgan fingerprint density at radius 1 is 1.56 bits per heavy atom. The van der Waals surface area contributed by atoms with Crippen LogP contribution in [0.1, 0.15) is 47.0 Å². The molecule has 0 bridgehead atoms. The summed E-state index contributed by atoms with van der Waals surface area (Å²) in [5.74, 6) is 0. The molecule has 0 aliphatic carbocycles. The smallest absolute Gasteiger partial charge is 0.104 e. The van der Waals surface area contributed by atoms with Gasteiger partial charge in [0.15, 0.2) is 0 Å². The number of morpholine rings is 1. The largest absolute Gasteiger partial charge is 0.370 e. The predicted molar refractivity (Wildman–Crippen MR) is 73.1 cm³/mol. The third-order valence-electron chi connectivity index (χ3n) is 3.59. The van der Waals surface area contributed by atoms with E-state index in [0.717, 1.165) is 32.5 Å². The van der Waals surface area contributed by atoms with Crippen molar-refractivity contribution in [2.75, 3.05) is 19.6 Å². The Labute approximate surface area is 111 Å². The van der Waals surface area contributed by atoms with Crippen LogP contribution in [0.15, 0.2) is 0 Å². The molecule has 1 fully saturated rings. The maximum atomic E-state index is 9.04. The number of hydrogen-bond donors (Lipinski definition) is 1. The van der Waals surface area contributed by atoms with Gasteiger partial charge in [-0.1, -0.05) is 6.92 Å². The van der Waals surface area contributed by atoms with Gasteiger partial charge in [0.2, 0.25) is 0 Å². The van der Waals surface area contributed by atoms with Crippen molar-refractivity contribution in [2.24, 2.45) is 5.73 Å². The fourth-order valence-electron chi connectivity index (χ4n) is 2.69. The molecule has 0 radical (unpaired) electrons. The van der Waals surface area contributed by atoms with E-state index in [9.17, 15) is 0 Å². The first-order chi connectivity index (χ1) is 8.30. The summed E-state index contributed by atoms with van der Waals surface area (Å²) < 4.78 is 5.87. The van der Waals surface area contributed by atoms with Crippen molar-refractivity contribution in [3.8, 4) is 6.07 Å². The van der Waals surface area contributed by atoms with Gasteiger partial charge in [-0.05, 0) is 46.6 Å². The fourth-order valence-corrected chi connectivity index (χ4v) is 2.69. The molecule has 1 aliphatic rings. The Bertz CT molecular complexity index is 311. The molecule has 0 saturated carbocycles. The Morgan fingerprint density at radius 2 is 2.22 bits per heavy atom.